The molecule has 1 N–H and O–H groups in total. The normalized spacial score (nSPS) is 21.8. The first-order valence-electron chi connectivity index (χ1n) is 7.09. The molecule has 2 rings (SSSR count). The highest BCUT2D eigenvalue weighted by atomic mass is 16.5. The van der Waals surface area contributed by atoms with E-state index >= 15 is 0 Å². The molecule has 1 aliphatic carbocycles. The Bertz CT molecular complexity index is 413. The first kappa shape index (κ1) is 14.1. The molecule has 2 atom stereocenters. The van der Waals surface area contributed by atoms with Crippen LogP contribution in [-0.2, 0) is 22.4 Å². The van der Waals surface area contributed by atoms with Crippen molar-refractivity contribution in [1.82, 2.24) is 5.32 Å². The molecule has 1 aromatic rings. The number of hydrogen-bond acceptors (Lipinski definition) is 2. The monoisotopic (exact) mass is 261 g/mol. The SMILES string of the molecule is CCc1ccc(CC(=O)N[C@@H]2CC[C@@H]2COC)cc1. The fourth-order valence-corrected chi connectivity index (χ4v) is 2.51. The minimum Gasteiger partial charge on any atom is -0.384 e. The smallest absolute Gasteiger partial charge is 0.224 e. The lowest BCUT2D eigenvalue weighted by molar-refractivity contribution is -0.122. The summed E-state index contributed by atoms with van der Waals surface area (Å²) in [4.78, 5) is 12.0. The molecule has 3 heteroatoms. The summed E-state index contributed by atoms with van der Waals surface area (Å²) in [7, 11) is 1.71. The van der Waals surface area contributed by atoms with Crippen molar-refractivity contribution in [3.8, 4) is 0 Å². The summed E-state index contributed by atoms with van der Waals surface area (Å²) in [6.45, 7) is 2.88. The maximum atomic E-state index is 12.0. The van der Waals surface area contributed by atoms with E-state index in [4.69, 9.17) is 4.74 Å². The molecule has 0 radical (unpaired) electrons. The van der Waals surface area contributed by atoms with Crippen LogP contribution in [0.4, 0.5) is 0 Å². The van der Waals surface area contributed by atoms with Crippen LogP contribution in [0.2, 0.25) is 0 Å². The molecule has 0 unspecified atom stereocenters. The van der Waals surface area contributed by atoms with Gasteiger partial charge in [0.25, 0.3) is 0 Å². The van der Waals surface area contributed by atoms with Crippen molar-refractivity contribution in [3.05, 3.63) is 35.4 Å². The standard InChI is InChI=1S/C16H23NO2/c1-3-12-4-6-13(7-5-12)10-16(18)17-15-9-8-14(15)11-19-2/h4-7,14-15H,3,8-11H2,1-2H3,(H,17,18)/t14-,15-/m1/s1. The molecule has 1 aliphatic rings. The molecule has 1 amide bonds. The highest BCUT2D eigenvalue weighted by molar-refractivity contribution is 5.79. The Balaban J connectivity index is 1.80. The predicted octanol–water partition coefficient (Wildman–Crippen LogP) is 2.33. The van der Waals surface area contributed by atoms with Crippen LogP contribution in [0.3, 0.4) is 0 Å². The van der Waals surface area contributed by atoms with E-state index in [9.17, 15) is 4.79 Å². The van der Waals surface area contributed by atoms with E-state index in [2.05, 4.69) is 24.4 Å². The van der Waals surface area contributed by atoms with Crippen LogP contribution in [0.1, 0.15) is 30.9 Å². The third kappa shape index (κ3) is 3.80. The lowest BCUT2D eigenvalue weighted by atomic mass is 9.80. The molecule has 0 heterocycles. The molecule has 1 aromatic carbocycles. The van der Waals surface area contributed by atoms with E-state index in [-0.39, 0.29) is 5.91 Å². The second-order valence-electron chi connectivity index (χ2n) is 5.31. The lowest BCUT2D eigenvalue weighted by Gasteiger charge is -2.36. The van der Waals surface area contributed by atoms with Crippen molar-refractivity contribution in [1.29, 1.82) is 0 Å². The van der Waals surface area contributed by atoms with Gasteiger partial charge in [0.1, 0.15) is 0 Å². The number of methoxy groups -OCH3 is 1. The first-order valence-corrected chi connectivity index (χ1v) is 7.09. The number of hydrogen-bond donors (Lipinski definition) is 1. The molecule has 0 aliphatic heterocycles. The topological polar surface area (TPSA) is 38.3 Å². The van der Waals surface area contributed by atoms with Crippen molar-refractivity contribution in [3.63, 3.8) is 0 Å². The molecule has 1 saturated carbocycles. The zero-order valence-electron chi connectivity index (χ0n) is 11.8. The quantitative estimate of drug-likeness (QED) is 0.853. The van der Waals surface area contributed by atoms with E-state index in [1.807, 2.05) is 12.1 Å². The molecule has 0 saturated heterocycles. The molecular formula is C16H23NO2. The van der Waals surface area contributed by atoms with Crippen molar-refractivity contribution in [2.24, 2.45) is 5.92 Å². The average Bonchev–Trinajstić information content (AvgIpc) is 2.42. The van der Waals surface area contributed by atoms with Gasteiger partial charge in [-0.05, 0) is 30.4 Å². The molecule has 1 fully saturated rings. The number of benzene rings is 1. The molecular weight excluding hydrogens is 238 g/mol. The Morgan fingerprint density at radius 3 is 2.47 bits per heavy atom. The van der Waals surface area contributed by atoms with Gasteiger partial charge in [0.15, 0.2) is 0 Å². The molecule has 0 aromatic heterocycles. The zero-order valence-corrected chi connectivity index (χ0v) is 11.8. The van der Waals surface area contributed by atoms with Gasteiger partial charge in [-0.1, -0.05) is 31.2 Å². The number of rotatable bonds is 6. The van der Waals surface area contributed by atoms with Gasteiger partial charge < -0.3 is 10.1 Å². The van der Waals surface area contributed by atoms with E-state index in [1.165, 1.54) is 5.56 Å². The van der Waals surface area contributed by atoms with Gasteiger partial charge in [-0.2, -0.15) is 0 Å². The van der Waals surface area contributed by atoms with Crippen LogP contribution >= 0.6 is 0 Å². The summed E-state index contributed by atoms with van der Waals surface area (Å²) in [6, 6.07) is 8.60. The lowest BCUT2D eigenvalue weighted by Crippen LogP contribution is -2.48. The van der Waals surface area contributed by atoms with Crippen LogP contribution in [0.25, 0.3) is 0 Å². The van der Waals surface area contributed by atoms with Gasteiger partial charge in [0.05, 0.1) is 13.0 Å². The average molecular weight is 261 g/mol. The summed E-state index contributed by atoms with van der Waals surface area (Å²) in [5.41, 5.74) is 2.39. The third-order valence-corrected chi connectivity index (χ3v) is 3.94. The maximum absolute atomic E-state index is 12.0. The Hall–Kier alpha value is -1.35. The zero-order chi connectivity index (χ0) is 13.7. The van der Waals surface area contributed by atoms with Crippen molar-refractivity contribution >= 4 is 5.91 Å². The predicted molar refractivity (Wildman–Crippen MR) is 76.1 cm³/mol. The first-order chi connectivity index (χ1) is 9.22. The molecule has 3 nitrogen and oxygen atoms in total. The van der Waals surface area contributed by atoms with Crippen LogP contribution in [0.15, 0.2) is 24.3 Å². The van der Waals surface area contributed by atoms with Gasteiger partial charge in [-0.25, -0.2) is 0 Å². The number of ether oxygens (including phenoxy) is 1. The van der Waals surface area contributed by atoms with E-state index in [1.54, 1.807) is 7.11 Å². The number of aryl methyl sites for hydroxylation is 1. The van der Waals surface area contributed by atoms with Crippen molar-refractivity contribution in [2.45, 2.75) is 38.6 Å². The third-order valence-electron chi connectivity index (χ3n) is 3.94. The van der Waals surface area contributed by atoms with Crippen LogP contribution in [0, 0.1) is 5.92 Å². The van der Waals surface area contributed by atoms with Gasteiger partial charge in [0, 0.05) is 19.1 Å². The van der Waals surface area contributed by atoms with E-state index in [0.717, 1.165) is 31.4 Å². The van der Waals surface area contributed by atoms with E-state index < -0.39 is 0 Å². The summed E-state index contributed by atoms with van der Waals surface area (Å²) >= 11 is 0. The highest BCUT2D eigenvalue weighted by Gasteiger charge is 2.31. The summed E-state index contributed by atoms with van der Waals surface area (Å²) < 4.78 is 5.15. The Morgan fingerprint density at radius 1 is 1.26 bits per heavy atom. The van der Waals surface area contributed by atoms with Crippen LogP contribution in [-0.4, -0.2) is 25.7 Å². The van der Waals surface area contributed by atoms with Gasteiger partial charge in [-0.15, -0.1) is 0 Å². The number of carbonyl (C=O) groups is 1. The fraction of sp³-hybridized carbons (Fsp3) is 0.562. The Labute approximate surface area is 115 Å². The van der Waals surface area contributed by atoms with Gasteiger partial charge >= 0.3 is 0 Å². The Kier molecular flexibility index (Phi) is 4.97. The molecule has 0 spiro atoms. The second-order valence-corrected chi connectivity index (χ2v) is 5.31. The summed E-state index contributed by atoms with van der Waals surface area (Å²) in [6.07, 6.45) is 3.74. The minimum atomic E-state index is 0.120. The highest BCUT2D eigenvalue weighted by Crippen LogP contribution is 2.27. The largest absolute Gasteiger partial charge is 0.384 e. The van der Waals surface area contributed by atoms with Crippen LogP contribution < -0.4 is 5.32 Å². The molecule has 19 heavy (non-hydrogen) atoms. The molecule has 0 bridgehead atoms. The van der Waals surface area contributed by atoms with Gasteiger partial charge in [-0.3, -0.25) is 4.79 Å². The van der Waals surface area contributed by atoms with E-state index in [0.29, 0.717) is 18.4 Å². The maximum Gasteiger partial charge on any atom is 0.224 e. The van der Waals surface area contributed by atoms with Crippen molar-refractivity contribution < 1.29 is 9.53 Å². The van der Waals surface area contributed by atoms with Crippen molar-refractivity contribution in [2.75, 3.05) is 13.7 Å². The summed E-state index contributed by atoms with van der Waals surface area (Å²) in [5.74, 6) is 0.617. The Morgan fingerprint density at radius 2 is 1.95 bits per heavy atom. The minimum absolute atomic E-state index is 0.120. The van der Waals surface area contributed by atoms with Crippen LogP contribution in [0.5, 0.6) is 0 Å². The number of amides is 1. The second kappa shape index (κ2) is 6.71. The van der Waals surface area contributed by atoms with Gasteiger partial charge in [0.2, 0.25) is 5.91 Å². The molecule has 104 valence electrons. The number of carbonyl (C=O) groups excluding carboxylic acids is 1. The summed E-state index contributed by atoms with van der Waals surface area (Å²) in [5, 5.41) is 3.11. The number of nitrogens with one attached hydrogen (secondary N) is 1. The fourth-order valence-electron chi connectivity index (χ4n) is 2.51.